The molecular formula is C30H35ClN4O. The SMILES string of the molecule is O/N=C(/c1ccccc1)c1n2ccc3ccccc3c2c(NC2CCCCC2)[n+]1C1CCCCC1.[Cl-]. The minimum Gasteiger partial charge on any atom is -1.00 e. The van der Waals surface area contributed by atoms with Crippen molar-refractivity contribution in [1.82, 2.24) is 4.40 Å². The number of nitrogens with one attached hydrogen (secondary N) is 1. The maximum atomic E-state index is 10.4. The Kier molecular flexibility index (Phi) is 7.47. The smallest absolute Gasteiger partial charge is 0.264 e. The molecule has 2 heterocycles. The van der Waals surface area contributed by atoms with Crippen molar-refractivity contribution in [3.63, 3.8) is 0 Å². The zero-order valence-corrected chi connectivity index (χ0v) is 21.5. The molecule has 2 saturated carbocycles. The lowest BCUT2D eigenvalue weighted by Gasteiger charge is -2.25. The number of nitrogens with zero attached hydrogens (tertiary/aromatic N) is 3. The molecule has 2 aliphatic carbocycles. The van der Waals surface area contributed by atoms with Gasteiger partial charge in [-0.2, -0.15) is 0 Å². The highest BCUT2D eigenvalue weighted by Crippen LogP contribution is 2.34. The molecule has 4 aromatic rings. The molecule has 2 N–H and O–H groups in total. The van der Waals surface area contributed by atoms with Gasteiger partial charge in [0.2, 0.25) is 0 Å². The Bertz CT molecular complexity index is 1350. The third-order valence-electron chi connectivity index (χ3n) is 8.03. The van der Waals surface area contributed by atoms with E-state index in [2.05, 4.69) is 56.0 Å². The summed E-state index contributed by atoms with van der Waals surface area (Å²) in [4.78, 5) is 0. The summed E-state index contributed by atoms with van der Waals surface area (Å²) < 4.78 is 4.77. The van der Waals surface area contributed by atoms with E-state index in [1.165, 1.54) is 73.5 Å². The lowest BCUT2D eigenvalue weighted by Crippen LogP contribution is -3.00. The van der Waals surface area contributed by atoms with Crippen LogP contribution in [0.1, 0.15) is 81.6 Å². The number of fused-ring (bicyclic) bond motifs is 3. The normalized spacial score (nSPS) is 17.8. The minimum absolute atomic E-state index is 0. The van der Waals surface area contributed by atoms with Crippen LogP contribution in [0.5, 0.6) is 0 Å². The first-order valence-corrected chi connectivity index (χ1v) is 13.4. The molecule has 2 aromatic carbocycles. The van der Waals surface area contributed by atoms with Crippen LogP contribution in [0.15, 0.2) is 72.0 Å². The van der Waals surface area contributed by atoms with Crippen molar-refractivity contribution < 1.29 is 22.2 Å². The molecular weight excluding hydrogens is 468 g/mol. The molecule has 2 fully saturated rings. The Labute approximate surface area is 219 Å². The molecule has 0 aliphatic heterocycles. The summed E-state index contributed by atoms with van der Waals surface area (Å²) in [7, 11) is 0. The maximum Gasteiger partial charge on any atom is 0.264 e. The molecule has 5 nitrogen and oxygen atoms in total. The van der Waals surface area contributed by atoms with Gasteiger partial charge in [-0.15, -0.1) is 0 Å². The van der Waals surface area contributed by atoms with Crippen LogP contribution in [0.2, 0.25) is 0 Å². The van der Waals surface area contributed by atoms with Gasteiger partial charge >= 0.3 is 0 Å². The maximum absolute atomic E-state index is 10.4. The second-order valence-corrected chi connectivity index (χ2v) is 10.2. The van der Waals surface area contributed by atoms with Gasteiger partial charge in [0.1, 0.15) is 0 Å². The Balaban J connectivity index is 0.00000267. The Morgan fingerprint density at radius 1 is 0.833 bits per heavy atom. The highest BCUT2D eigenvalue weighted by molar-refractivity contribution is 6.11. The van der Waals surface area contributed by atoms with Crippen molar-refractivity contribution in [3.05, 3.63) is 78.2 Å². The van der Waals surface area contributed by atoms with Crippen LogP contribution in [0.4, 0.5) is 5.82 Å². The summed E-state index contributed by atoms with van der Waals surface area (Å²) in [6.45, 7) is 0. The van der Waals surface area contributed by atoms with Crippen LogP contribution in [0.25, 0.3) is 16.3 Å². The van der Waals surface area contributed by atoms with Crippen LogP contribution >= 0.6 is 0 Å². The lowest BCUT2D eigenvalue weighted by atomic mass is 9.94. The highest BCUT2D eigenvalue weighted by Gasteiger charge is 2.36. The number of halogens is 1. The summed E-state index contributed by atoms with van der Waals surface area (Å²) in [5.74, 6) is 2.15. The first kappa shape index (κ1) is 24.6. The van der Waals surface area contributed by atoms with E-state index < -0.39 is 0 Å². The number of rotatable bonds is 5. The van der Waals surface area contributed by atoms with Gasteiger partial charge < -0.3 is 17.6 Å². The van der Waals surface area contributed by atoms with Crippen LogP contribution < -0.4 is 22.3 Å². The first-order valence-electron chi connectivity index (χ1n) is 13.4. The number of benzene rings is 2. The predicted octanol–water partition coefficient (Wildman–Crippen LogP) is 3.86. The quantitative estimate of drug-likeness (QED) is 0.188. The third kappa shape index (κ3) is 4.45. The zero-order chi connectivity index (χ0) is 23.6. The van der Waals surface area contributed by atoms with Crippen molar-refractivity contribution in [1.29, 1.82) is 0 Å². The fourth-order valence-electron chi connectivity index (χ4n) is 6.30. The highest BCUT2D eigenvalue weighted by atomic mass is 35.5. The van der Waals surface area contributed by atoms with Crippen molar-refractivity contribution >= 4 is 27.8 Å². The van der Waals surface area contributed by atoms with E-state index in [0.29, 0.717) is 17.8 Å². The van der Waals surface area contributed by atoms with E-state index in [-0.39, 0.29) is 12.4 Å². The van der Waals surface area contributed by atoms with Gasteiger partial charge in [0.25, 0.3) is 11.6 Å². The van der Waals surface area contributed by atoms with Gasteiger partial charge in [0.05, 0.1) is 18.3 Å². The van der Waals surface area contributed by atoms with E-state index in [4.69, 9.17) is 0 Å². The fourth-order valence-corrected chi connectivity index (χ4v) is 6.30. The number of hydrogen-bond donors (Lipinski definition) is 2. The van der Waals surface area contributed by atoms with Crippen LogP contribution in [-0.2, 0) is 0 Å². The van der Waals surface area contributed by atoms with Crippen molar-refractivity contribution in [2.75, 3.05) is 5.32 Å². The van der Waals surface area contributed by atoms with Gasteiger partial charge in [0, 0.05) is 10.9 Å². The van der Waals surface area contributed by atoms with E-state index in [9.17, 15) is 5.21 Å². The number of oxime groups is 1. The molecule has 0 unspecified atom stereocenters. The molecule has 2 aromatic heterocycles. The molecule has 0 bridgehead atoms. The molecule has 2 aliphatic rings. The zero-order valence-electron chi connectivity index (χ0n) is 20.7. The van der Waals surface area contributed by atoms with E-state index in [1.54, 1.807) is 0 Å². The van der Waals surface area contributed by atoms with E-state index >= 15 is 0 Å². The van der Waals surface area contributed by atoms with Gasteiger partial charge in [0.15, 0.2) is 11.2 Å². The topological polar surface area (TPSA) is 52.9 Å². The van der Waals surface area contributed by atoms with Crippen molar-refractivity contribution in [2.24, 2.45) is 5.16 Å². The summed E-state index contributed by atoms with van der Waals surface area (Å²) in [5.41, 5.74) is 2.74. The first-order chi connectivity index (χ1) is 17.3. The predicted molar refractivity (Wildman–Crippen MR) is 142 cm³/mol. The van der Waals surface area contributed by atoms with Gasteiger partial charge in [-0.1, -0.05) is 85.4 Å². The standard InChI is InChI=1S/C30H34N4O.ClH/c35-32-27(23-13-4-1-5-14-23)30-33-21-20-22-12-10-11-19-26(22)28(33)29(31-24-15-6-2-7-16-24)34(30)25-17-8-3-9-18-25;/h1,4-5,10-14,19-21,24-25,31H,2-3,6-9,15-18H2;1H. The second-order valence-electron chi connectivity index (χ2n) is 10.2. The molecule has 36 heavy (non-hydrogen) atoms. The van der Waals surface area contributed by atoms with Gasteiger partial charge in [-0.3, -0.25) is 5.32 Å². The molecule has 0 radical (unpaired) electrons. The number of anilines is 1. The summed E-state index contributed by atoms with van der Waals surface area (Å²) >= 11 is 0. The summed E-state index contributed by atoms with van der Waals surface area (Å²) in [6.07, 6.45) is 14.6. The number of imidazole rings is 1. The lowest BCUT2D eigenvalue weighted by molar-refractivity contribution is -0.712. The molecule has 0 spiro atoms. The summed E-state index contributed by atoms with van der Waals surface area (Å²) in [5, 5.41) is 20.8. The molecule has 0 atom stereocenters. The van der Waals surface area contributed by atoms with Crippen LogP contribution in [0.3, 0.4) is 0 Å². The molecule has 6 heteroatoms. The monoisotopic (exact) mass is 502 g/mol. The van der Waals surface area contributed by atoms with Crippen LogP contribution in [0, 0.1) is 0 Å². The van der Waals surface area contributed by atoms with Gasteiger partial charge in [-0.25, -0.2) is 8.97 Å². The Hall–Kier alpha value is -3.05. The molecule has 6 rings (SSSR count). The number of pyridine rings is 1. The number of aromatic nitrogens is 2. The van der Waals surface area contributed by atoms with E-state index in [0.717, 1.165) is 24.2 Å². The fraction of sp³-hybridized carbons (Fsp3) is 0.400. The average Bonchev–Trinajstić information content (AvgIpc) is 3.25. The van der Waals surface area contributed by atoms with Crippen molar-refractivity contribution in [3.8, 4) is 0 Å². The molecule has 0 amide bonds. The second kappa shape index (κ2) is 10.9. The average molecular weight is 503 g/mol. The Morgan fingerprint density at radius 2 is 1.50 bits per heavy atom. The Morgan fingerprint density at radius 3 is 2.22 bits per heavy atom. The van der Waals surface area contributed by atoms with Crippen molar-refractivity contribution in [2.45, 2.75) is 76.3 Å². The third-order valence-corrected chi connectivity index (χ3v) is 8.03. The molecule has 188 valence electrons. The minimum atomic E-state index is 0. The van der Waals surface area contributed by atoms with Crippen LogP contribution in [-0.4, -0.2) is 21.4 Å². The largest absolute Gasteiger partial charge is 1.00 e. The van der Waals surface area contributed by atoms with E-state index in [1.807, 2.05) is 30.3 Å². The molecule has 0 saturated heterocycles. The summed E-state index contributed by atoms with van der Waals surface area (Å²) in [6, 6.07) is 21.8. The van der Waals surface area contributed by atoms with Gasteiger partial charge in [-0.05, 0) is 50.0 Å². The number of hydrogen-bond acceptors (Lipinski definition) is 3.